The second kappa shape index (κ2) is 3.75. The molecule has 0 aliphatic rings. The molecule has 0 aliphatic carbocycles. The van der Waals surface area contributed by atoms with Gasteiger partial charge in [0.1, 0.15) is 0 Å². The summed E-state index contributed by atoms with van der Waals surface area (Å²) in [5, 5.41) is 4.31. The summed E-state index contributed by atoms with van der Waals surface area (Å²) in [6.07, 6.45) is 3.70. The average molecular weight is 190 g/mol. The largest absolute Gasteiger partial charge is 0.330 e. The van der Waals surface area contributed by atoms with Crippen molar-refractivity contribution in [3.63, 3.8) is 0 Å². The van der Waals surface area contributed by atoms with Gasteiger partial charge < -0.3 is 5.73 Å². The van der Waals surface area contributed by atoms with Gasteiger partial charge in [0, 0.05) is 12.6 Å². The monoisotopic (exact) mass is 190 g/mol. The third-order valence-electron chi connectivity index (χ3n) is 2.20. The maximum absolute atomic E-state index is 5.49. The van der Waals surface area contributed by atoms with Gasteiger partial charge in [-0.05, 0) is 30.7 Å². The number of aromatic nitrogens is 3. The zero-order valence-electron chi connectivity index (χ0n) is 8.27. The fraction of sp³-hybridized carbons (Fsp3) is 0.400. The van der Waals surface area contributed by atoms with Gasteiger partial charge in [0.05, 0.1) is 0 Å². The molecular formula is C10H14N4. The van der Waals surface area contributed by atoms with Crippen LogP contribution in [-0.2, 0) is 12.8 Å². The van der Waals surface area contributed by atoms with E-state index in [2.05, 4.69) is 17.0 Å². The Morgan fingerprint density at radius 2 is 2.36 bits per heavy atom. The molecule has 4 nitrogen and oxygen atoms in total. The molecule has 0 aromatic carbocycles. The Morgan fingerprint density at radius 3 is 3.07 bits per heavy atom. The standard InChI is InChI=1S/C10H14N4/c1-2-9-12-10-7-8(3-5-11)4-6-14(10)13-9/h4,6-7H,2-3,5,11H2,1H3. The molecule has 0 amide bonds. The van der Waals surface area contributed by atoms with Gasteiger partial charge in [0.15, 0.2) is 11.5 Å². The topological polar surface area (TPSA) is 56.2 Å². The van der Waals surface area contributed by atoms with E-state index in [1.807, 2.05) is 18.3 Å². The first-order valence-electron chi connectivity index (χ1n) is 4.87. The lowest BCUT2D eigenvalue weighted by molar-refractivity contribution is 0.880. The predicted octanol–water partition coefficient (Wildman–Crippen LogP) is 0.793. The van der Waals surface area contributed by atoms with Gasteiger partial charge >= 0.3 is 0 Å². The lowest BCUT2D eigenvalue weighted by Crippen LogP contribution is -2.03. The van der Waals surface area contributed by atoms with Gasteiger partial charge in [-0.15, -0.1) is 0 Å². The molecule has 14 heavy (non-hydrogen) atoms. The smallest absolute Gasteiger partial charge is 0.155 e. The third kappa shape index (κ3) is 1.61. The van der Waals surface area contributed by atoms with Crippen LogP contribution in [0, 0.1) is 0 Å². The Labute approximate surface area is 82.8 Å². The van der Waals surface area contributed by atoms with E-state index in [9.17, 15) is 0 Å². The summed E-state index contributed by atoms with van der Waals surface area (Å²) in [4.78, 5) is 4.39. The lowest BCUT2D eigenvalue weighted by Gasteiger charge is -1.97. The van der Waals surface area contributed by atoms with Crippen LogP contribution >= 0.6 is 0 Å². The molecule has 0 bridgehead atoms. The van der Waals surface area contributed by atoms with E-state index < -0.39 is 0 Å². The van der Waals surface area contributed by atoms with E-state index in [0.29, 0.717) is 6.54 Å². The van der Waals surface area contributed by atoms with Gasteiger partial charge in [0.25, 0.3) is 0 Å². The van der Waals surface area contributed by atoms with Crippen molar-refractivity contribution < 1.29 is 0 Å². The van der Waals surface area contributed by atoms with E-state index >= 15 is 0 Å². The molecule has 2 rings (SSSR count). The van der Waals surface area contributed by atoms with Crippen LogP contribution in [0.1, 0.15) is 18.3 Å². The Morgan fingerprint density at radius 1 is 1.50 bits per heavy atom. The molecule has 2 aromatic heterocycles. The van der Waals surface area contributed by atoms with Crippen LogP contribution in [0.25, 0.3) is 5.65 Å². The Hall–Kier alpha value is -1.42. The summed E-state index contributed by atoms with van der Waals surface area (Å²) in [6.45, 7) is 2.72. The predicted molar refractivity (Wildman–Crippen MR) is 55.1 cm³/mol. The fourth-order valence-electron chi connectivity index (χ4n) is 1.44. The van der Waals surface area contributed by atoms with E-state index in [4.69, 9.17) is 5.73 Å². The minimum absolute atomic E-state index is 0.672. The number of hydrogen-bond donors (Lipinski definition) is 1. The maximum atomic E-state index is 5.49. The number of nitrogens with two attached hydrogens (primary N) is 1. The summed E-state index contributed by atoms with van der Waals surface area (Å²) in [7, 11) is 0. The van der Waals surface area contributed by atoms with Crippen LogP contribution < -0.4 is 5.73 Å². The first-order valence-corrected chi connectivity index (χ1v) is 4.87. The minimum Gasteiger partial charge on any atom is -0.330 e. The zero-order valence-corrected chi connectivity index (χ0v) is 8.27. The van der Waals surface area contributed by atoms with Crippen molar-refractivity contribution in [1.29, 1.82) is 0 Å². The van der Waals surface area contributed by atoms with E-state index in [-0.39, 0.29) is 0 Å². The highest BCUT2D eigenvalue weighted by atomic mass is 15.3. The average Bonchev–Trinajstić information content (AvgIpc) is 2.60. The second-order valence-corrected chi connectivity index (χ2v) is 3.26. The number of hydrogen-bond acceptors (Lipinski definition) is 3. The second-order valence-electron chi connectivity index (χ2n) is 3.26. The van der Waals surface area contributed by atoms with Crippen LogP contribution in [0.2, 0.25) is 0 Å². The SMILES string of the molecule is CCc1nc2cc(CCN)ccn2n1. The van der Waals surface area contributed by atoms with Crippen molar-refractivity contribution in [3.05, 3.63) is 29.7 Å². The number of rotatable bonds is 3. The highest BCUT2D eigenvalue weighted by Gasteiger charge is 2.01. The molecule has 4 heteroatoms. The maximum Gasteiger partial charge on any atom is 0.155 e. The summed E-state index contributed by atoms with van der Waals surface area (Å²) in [6, 6.07) is 4.08. The van der Waals surface area contributed by atoms with Crippen LogP contribution in [0.15, 0.2) is 18.3 Å². The summed E-state index contributed by atoms with van der Waals surface area (Å²) in [5.41, 5.74) is 7.62. The highest BCUT2D eigenvalue weighted by Crippen LogP contribution is 2.06. The highest BCUT2D eigenvalue weighted by molar-refractivity contribution is 5.40. The molecule has 0 saturated heterocycles. The zero-order chi connectivity index (χ0) is 9.97. The summed E-state index contributed by atoms with van der Waals surface area (Å²) >= 11 is 0. The van der Waals surface area contributed by atoms with Crippen molar-refractivity contribution in [1.82, 2.24) is 14.6 Å². The Balaban J connectivity index is 2.43. The van der Waals surface area contributed by atoms with Crippen LogP contribution in [0.3, 0.4) is 0 Å². The minimum atomic E-state index is 0.672. The van der Waals surface area contributed by atoms with Gasteiger partial charge in [-0.25, -0.2) is 9.50 Å². The quantitative estimate of drug-likeness (QED) is 0.778. The molecule has 0 fully saturated rings. The van der Waals surface area contributed by atoms with E-state index in [1.54, 1.807) is 4.52 Å². The van der Waals surface area contributed by atoms with E-state index in [1.165, 1.54) is 5.56 Å². The number of nitrogens with zero attached hydrogens (tertiary/aromatic N) is 3. The van der Waals surface area contributed by atoms with Crippen LogP contribution in [0.5, 0.6) is 0 Å². The van der Waals surface area contributed by atoms with Crippen molar-refractivity contribution in [2.24, 2.45) is 5.73 Å². The van der Waals surface area contributed by atoms with Gasteiger partial charge in [-0.2, -0.15) is 5.10 Å². The summed E-state index contributed by atoms with van der Waals surface area (Å²) < 4.78 is 1.80. The molecule has 0 spiro atoms. The van der Waals surface area contributed by atoms with Crippen LogP contribution in [-0.4, -0.2) is 21.1 Å². The first-order chi connectivity index (χ1) is 6.83. The molecular weight excluding hydrogens is 176 g/mol. The molecule has 74 valence electrons. The lowest BCUT2D eigenvalue weighted by atomic mass is 10.2. The molecule has 0 radical (unpaired) electrons. The van der Waals surface area contributed by atoms with E-state index in [0.717, 1.165) is 24.3 Å². The molecule has 0 aliphatic heterocycles. The summed E-state index contributed by atoms with van der Waals surface area (Å²) in [5.74, 6) is 0.884. The molecule has 0 atom stereocenters. The fourth-order valence-corrected chi connectivity index (χ4v) is 1.44. The van der Waals surface area contributed by atoms with Crippen molar-refractivity contribution in [2.75, 3.05) is 6.54 Å². The molecule has 0 saturated carbocycles. The number of fused-ring (bicyclic) bond motifs is 1. The van der Waals surface area contributed by atoms with Gasteiger partial charge in [0.2, 0.25) is 0 Å². The molecule has 2 heterocycles. The van der Waals surface area contributed by atoms with Crippen molar-refractivity contribution in [3.8, 4) is 0 Å². The van der Waals surface area contributed by atoms with Crippen molar-refractivity contribution in [2.45, 2.75) is 19.8 Å². The number of pyridine rings is 1. The first kappa shape index (κ1) is 9.15. The van der Waals surface area contributed by atoms with Gasteiger partial charge in [-0.1, -0.05) is 6.92 Å². The number of aryl methyl sites for hydroxylation is 1. The molecule has 0 unspecified atom stereocenters. The Kier molecular flexibility index (Phi) is 2.45. The van der Waals surface area contributed by atoms with Crippen molar-refractivity contribution >= 4 is 5.65 Å². The Bertz CT molecular complexity index is 433. The third-order valence-corrected chi connectivity index (χ3v) is 2.20. The van der Waals surface area contributed by atoms with Crippen LogP contribution in [0.4, 0.5) is 0 Å². The normalized spacial score (nSPS) is 11.0. The molecule has 2 aromatic rings. The van der Waals surface area contributed by atoms with Gasteiger partial charge in [-0.3, -0.25) is 0 Å². The molecule has 2 N–H and O–H groups in total.